The van der Waals surface area contributed by atoms with Crippen molar-refractivity contribution in [3.05, 3.63) is 12.3 Å². The van der Waals surface area contributed by atoms with Gasteiger partial charge in [-0.2, -0.15) is 0 Å². The van der Waals surface area contributed by atoms with E-state index in [0.717, 1.165) is 5.92 Å². The van der Waals surface area contributed by atoms with Crippen LogP contribution in [0.3, 0.4) is 0 Å². The van der Waals surface area contributed by atoms with E-state index in [2.05, 4.69) is 6.08 Å². The molecular weight excluding hydrogens is 206 g/mol. The SMILES string of the molecule is N/C=C\C1CCCCCCCCCCCCC1. The zero-order valence-electron chi connectivity index (χ0n) is 11.5. The van der Waals surface area contributed by atoms with Crippen LogP contribution >= 0.6 is 0 Å². The zero-order chi connectivity index (χ0) is 12.2. The van der Waals surface area contributed by atoms with Gasteiger partial charge in [0.2, 0.25) is 0 Å². The predicted octanol–water partition coefficient (Wildman–Crippen LogP) is 5.16. The van der Waals surface area contributed by atoms with Crippen LogP contribution < -0.4 is 5.73 Å². The van der Waals surface area contributed by atoms with E-state index < -0.39 is 0 Å². The molecule has 1 aliphatic rings. The van der Waals surface area contributed by atoms with Gasteiger partial charge in [-0.05, 0) is 25.0 Å². The van der Waals surface area contributed by atoms with E-state index in [1.807, 2.05) is 0 Å². The summed E-state index contributed by atoms with van der Waals surface area (Å²) in [5.74, 6) is 0.753. The summed E-state index contributed by atoms with van der Waals surface area (Å²) in [5, 5.41) is 0. The molecule has 0 aromatic rings. The van der Waals surface area contributed by atoms with Gasteiger partial charge in [0.1, 0.15) is 0 Å². The largest absolute Gasteiger partial charge is 0.405 e. The summed E-state index contributed by atoms with van der Waals surface area (Å²) < 4.78 is 0. The predicted molar refractivity (Wildman–Crippen MR) is 76.8 cm³/mol. The van der Waals surface area contributed by atoms with E-state index >= 15 is 0 Å². The van der Waals surface area contributed by atoms with Gasteiger partial charge in [-0.1, -0.05) is 76.7 Å². The first-order chi connectivity index (χ1) is 8.43. The van der Waals surface area contributed by atoms with E-state index in [0.29, 0.717) is 0 Å². The van der Waals surface area contributed by atoms with E-state index in [-0.39, 0.29) is 0 Å². The van der Waals surface area contributed by atoms with Crippen LogP contribution in [0.4, 0.5) is 0 Å². The summed E-state index contributed by atoms with van der Waals surface area (Å²) >= 11 is 0. The minimum atomic E-state index is 0.753. The molecule has 0 bridgehead atoms. The van der Waals surface area contributed by atoms with E-state index in [1.165, 1.54) is 83.5 Å². The first kappa shape index (κ1) is 14.6. The number of nitrogens with two attached hydrogens (primary N) is 1. The molecule has 0 spiro atoms. The Morgan fingerprint density at radius 1 is 0.588 bits per heavy atom. The summed E-state index contributed by atoms with van der Waals surface area (Å²) in [5.41, 5.74) is 5.54. The van der Waals surface area contributed by atoms with Gasteiger partial charge in [-0.25, -0.2) is 0 Å². The molecule has 0 heterocycles. The Bertz CT molecular complexity index is 172. The van der Waals surface area contributed by atoms with Crippen molar-refractivity contribution < 1.29 is 0 Å². The van der Waals surface area contributed by atoms with Gasteiger partial charge < -0.3 is 5.73 Å². The van der Waals surface area contributed by atoms with Crippen molar-refractivity contribution in [2.75, 3.05) is 0 Å². The van der Waals surface area contributed by atoms with Crippen LogP contribution in [-0.4, -0.2) is 0 Å². The second-order valence-electron chi connectivity index (χ2n) is 5.61. The van der Waals surface area contributed by atoms with Crippen LogP contribution in [0.5, 0.6) is 0 Å². The van der Waals surface area contributed by atoms with Crippen LogP contribution in [0.2, 0.25) is 0 Å². The van der Waals surface area contributed by atoms with Crippen molar-refractivity contribution in [2.24, 2.45) is 11.7 Å². The van der Waals surface area contributed by atoms with Crippen LogP contribution in [0.15, 0.2) is 12.3 Å². The highest BCUT2D eigenvalue weighted by Crippen LogP contribution is 2.21. The topological polar surface area (TPSA) is 26.0 Å². The van der Waals surface area contributed by atoms with Gasteiger partial charge >= 0.3 is 0 Å². The average molecular weight is 237 g/mol. The molecule has 2 N–H and O–H groups in total. The number of rotatable bonds is 1. The minimum Gasteiger partial charge on any atom is -0.405 e. The quantitative estimate of drug-likeness (QED) is 0.669. The van der Waals surface area contributed by atoms with Gasteiger partial charge in [0.25, 0.3) is 0 Å². The third-order valence-corrected chi connectivity index (χ3v) is 4.03. The number of hydrogen-bond donors (Lipinski definition) is 1. The lowest BCUT2D eigenvalue weighted by molar-refractivity contribution is 0.453. The summed E-state index contributed by atoms with van der Waals surface area (Å²) in [6, 6.07) is 0. The highest BCUT2D eigenvalue weighted by atomic mass is 14.5. The maximum absolute atomic E-state index is 5.54. The second kappa shape index (κ2) is 10.7. The molecule has 0 amide bonds. The summed E-state index contributed by atoms with van der Waals surface area (Å²) in [4.78, 5) is 0. The highest BCUT2D eigenvalue weighted by Gasteiger charge is 2.05. The molecule has 0 aromatic heterocycles. The molecule has 1 rings (SSSR count). The molecule has 17 heavy (non-hydrogen) atoms. The summed E-state index contributed by atoms with van der Waals surface area (Å²) in [6.45, 7) is 0. The Hall–Kier alpha value is -0.460. The molecule has 0 saturated heterocycles. The van der Waals surface area contributed by atoms with E-state index in [9.17, 15) is 0 Å². The fourth-order valence-electron chi connectivity index (χ4n) is 2.90. The average Bonchev–Trinajstić information content (AvgIpc) is 2.34. The molecule has 0 unspecified atom stereocenters. The maximum Gasteiger partial charge on any atom is -0.0100 e. The van der Waals surface area contributed by atoms with Crippen LogP contribution in [-0.2, 0) is 0 Å². The third kappa shape index (κ3) is 8.29. The number of allylic oxidation sites excluding steroid dienone is 1. The third-order valence-electron chi connectivity index (χ3n) is 4.03. The standard InChI is InChI=1S/C16H31N/c17-15-14-16-12-10-8-6-4-2-1-3-5-7-9-11-13-16/h14-16H,1-13,17H2/b15-14-. The molecule has 1 heteroatoms. The Balaban J connectivity index is 2.24. The Kier molecular flexibility index (Phi) is 9.17. The molecule has 1 saturated carbocycles. The molecule has 0 aromatic carbocycles. The molecule has 0 aliphatic heterocycles. The van der Waals surface area contributed by atoms with E-state index in [4.69, 9.17) is 5.73 Å². The highest BCUT2D eigenvalue weighted by molar-refractivity contribution is 4.84. The van der Waals surface area contributed by atoms with Crippen molar-refractivity contribution in [1.29, 1.82) is 0 Å². The van der Waals surface area contributed by atoms with Crippen LogP contribution in [0.1, 0.15) is 83.5 Å². The maximum atomic E-state index is 5.54. The summed E-state index contributed by atoms with van der Waals surface area (Å²) in [7, 11) is 0. The number of hydrogen-bond acceptors (Lipinski definition) is 1. The first-order valence-corrected chi connectivity index (χ1v) is 7.82. The fourth-order valence-corrected chi connectivity index (χ4v) is 2.90. The van der Waals surface area contributed by atoms with Crippen molar-refractivity contribution in [2.45, 2.75) is 83.5 Å². The van der Waals surface area contributed by atoms with Gasteiger partial charge in [0, 0.05) is 0 Å². The fraction of sp³-hybridized carbons (Fsp3) is 0.875. The molecule has 1 nitrogen and oxygen atoms in total. The van der Waals surface area contributed by atoms with Gasteiger partial charge in [-0.3, -0.25) is 0 Å². The van der Waals surface area contributed by atoms with Crippen LogP contribution in [0, 0.1) is 5.92 Å². The lowest BCUT2D eigenvalue weighted by Gasteiger charge is -2.13. The normalized spacial score (nSPS) is 23.5. The lowest BCUT2D eigenvalue weighted by atomic mass is 9.93. The van der Waals surface area contributed by atoms with Gasteiger partial charge in [0.15, 0.2) is 0 Å². The second-order valence-corrected chi connectivity index (χ2v) is 5.61. The smallest absolute Gasteiger partial charge is 0.0100 e. The van der Waals surface area contributed by atoms with Crippen molar-refractivity contribution >= 4 is 0 Å². The molecule has 100 valence electrons. The zero-order valence-corrected chi connectivity index (χ0v) is 11.5. The monoisotopic (exact) mass is 237 g/mol. The van der Waals surface area contributed by atoms with Crippen molar-refractivity contribution in [3.63, 3.8) is 0 Å². The minimum absolute atomic E-state index is 0.753. The molecule has 1 aliphatic carbocycles. The van der Waals surface area contributed by atoms with Crippen molar-refractivity contribution in [3.8, 4) is 0 Å². The van der Waals surface area contributed by atoms with Crippen LogP contribution in [0.25, 0.3) is 0 Å². The summed E-state index contributed by atoms with van der Waals surface area (Å²) in [6.07, 6.45) is 22.5. The lowest BCUT2D eigenvalue weighted by Crippen LogP contribution is -1.99. The van der Waals surface area contributed by atoms with Crippen molar-refractivity contribution in [1.82, 2.24) is 0 Å². The van der Waals surface area contributed by atoms with Gasteiger partial charge in [-0.15, -0.1) is 0 Å². The Morgan fingerprint density at radius 3 is 1.29 bits per heavy atom. The Morgan fingerprint density at radius 2 is 0.941 bits per heavy atom. The van der Waals surface area contributed by atoms with Gasteiger partial charge in [0.05, 0.1) is 0 Å². The molecular formula is C16H31N. The Labute approximate surface area is 108 Å². The molecule has 1 fully saturated rings. The molecule has 0 radical (unpaired) electrons. The van der Waals surface area contributed by atoms with E-state index in [1.54, 1.807) is 6.20 Å². The first-order valence-electron chi connectivity index (χ1n) is 7.82. The molecule has 0 atom stereocenters.